The van der Waals surface area contributed by atoms with Crippen LogP contribution in [0.3, 0.4) is 0 Å². The van der Waals surface area contributed by atoms with E-state index in [-0.39, 0.29) is 17.0 Å². The van der Waals surface area contributed by atoms with Crippen molar-refractivity contribution < 1.29 is 19.4 Å². The van der Waals surface area contributed by atoms with Crippen LogP contribution in [0.2, 0.25) is 0 Å². The maximum atomic E-state index is 11.1. The van der Waals surface area contributed by atoms with Crippen molar-refractivity contribution in [3.05, 3.63) is 29.1 Å². The Balaban J connectivity index is 3.31. The molecule has 0 unspecified atom stereocenters. The summed E-state index contributed by atoms with van der Waals surface area (Å²) in [5.41, 5.74) is -0.522. The molecule has 1 aromatic heterocycles. The SMILES string of the molecule is COC(=O)c1cc(C#N)nc(C(=O)O)c1. The molecule has 0 saturated carbocycles. The first-order valence-corrected chi connectivity index (χ1v) is 3.82. The predicted molar refractivity (Wildman–Crippen MR) is 47.3 cm³/mol. The molecule has 0 aliphatic heterocycles. The smallest absolute Gasteiger partial charge is 0.354 e. The molecule has 1 aromatic rings. The molecule has 1 heterocycles. The van der Waals surface area contributed by atoms with Crippen LogP contribution in [-0.4, -0.2) is 29.1 Å². The normalized spacial score (nSPS) is 9.07. The van der Waals surface area contributed by atoms with Gasteiger partial charge in [-0.05, 0) is 12.1 Å². The number of carbonyl (C=O) groups excluding carboxylic acids is 1. The van der Waals surface area contributed by atoms with Crippen LogP contribution < -0.4 is 0 Å². The van der Waals surface area contributed by atoms with Crippen LogP contribution in [0, 0.1) is 11.3 Å². The molecule has 6 heteroatoms. The quantitative estimate of drug-likeness (QED) is 0.704. The summed E-state index contributed by atoms with van der Waals surface area (Å²) < 4.78 is 4.40. The van der Waals surface area contributed by atoms with Crippen LogP contribution in [0.1, 0.15) is 26.5 Å². The summed E-state index contributed by atoms with van der Waals surface area (Å²) in [5, 5.41) is 17.2. The fourth-order valence-corrected chi connectivity index (χ4v) is 0.933. The summed E-state index contributed by atoms with van der Waals surface area (Å²) in [6.45, 7) is 0. The van der Waals surface area contributed by atoms with E-state index in [4.69, 9.17) is 10.4 Å². The predicted octanol–water partition coefficient (Wildman–Crippen LogP) is 0.438. The average Bonchev–Trinajstić information content (AvgIpc) is 2.27. The number of rotatable bonds is 2. The fraction of sp³-hybridized carbons (Fsp3) is 0.111. The minimum atomic E-state index is -1.31. The number of carboxylic acids is 1. The summed E-state index contributed by atoms with van der Waals surface area (Å²) in [7, 11) is 1.16. The number of carboxylic acid groups (broad SMARTS) is 1. The van der Waals surface area contributed by atoms with Gasteiger partial charge in [-0.15, -0.1) is 0 Å². The molecule has 1 rings (SSSR count). The van der Waals surface area contributed by atoms with Crippen molar-refractivity contribution in [3.63, 3.8) is 0 Å². The van der Waals surface area contributed by atoms with E-state index in [0.29, 0.717) is 0 Å². The molecule has 0 aliphatic rings. The first-order chi connectivity index (χ1) is 7.08. The van der Waals surface area contributed by atoms with E-state index < -0.39 is 11.9 Å². The van der Waals surface area contributed by atoms with Gasteiger partial charge in [0.25, 0.3) is 0 Å². The number of pyridine rings is 1. The molecule has 0 bridgehead atoms. The van der Waals surface area contributed by atoms with Crippen molar-refractivity contribution in [2.24, 2.45) is 0 Å². The van der Waals surface area contributed by atoms with Crippen LogP contribution >= 0.6 is 0 Å². The first kappa shape index (κ1) is 10.7. The fourth-order valence-electron chi connectivity index (χ4n) is 0.933. The second-order valence-corrected chi connectivity index (χ2v) is 2.53. The lowest BCUT2D eigenvalue weighted by Gasteiger charge is -2.00. The molecule has 0 saturated heterocycles. The second kappa shape index (κ2) is 4.19. The number of ether oxygens (including phenoxy) is 1. The molecule has 0 radical (unpaired) electrons. The molecule has 15 heavy (non-hydrogen) atoms. The Morgan fingerprint density at radius 3 is 2.67 bits per heavy atom. The van der Waals surface area contributed by atoms with Crippen LogP contribution in [0.25, 0.3) is 0 Å². The number of hydrogen-bond acceptors (Lipinski definition) is 5. The molecule has 0 aliphatic carbocycles. The Hall–Kier alpha value is -2.42. The highest BCUT2D eigenvalue weighted by Crippen LogP contribution is 2.07. The Morgan fingerprint density at radius 2 is 2.20 bits per heavy atom. The summed E-state index contributed by atoms with van der Waals surface area (Å²) in [6.07, 6.45) is 0. The summed E-state index contributed by atoms with van der Waals surface area (Å²) in [5.74, 6) is -2.02. The zero-order valence-corrected chi connectivity index (χ0v) is 7.72. The third-order valence-electron chi connectivity index (χ3n) is 1.58. The zero-order valence-electron chi connectivity index (χ0n) is 7.72. The van der Waals surface area contributed by atoms with E-state index in [1.807, 2.05) is 0 Å². The highest BCUT2D eigenvalue weighted by Gasteiger charge is 2.13. The molecule has 0 aromatic carbocycles. The summed E-state index contributed by atoms with van der Waals surface area (Å²) in [6, 6.07) is 3.87. The molecule has 6 nitrogen and oxygen atoms in total. The van der Waals surface area contributed by atoms with Gasteiger partial charge in [0.15, 0.2) is 5.69 Å². The van der Waals surface area contributed by atoms with E-state index in [2.05, 4.69) is 9.72 Å². The first-order valence-electron chi connectivity index (χ1n) is 3.82. The van der Waals surface area contributed by atoms with Crippen LogP contribution in [-0.2, 0) is 4.74 Å². The van der Waals surface area contributed by atoms with Gasteiger partial charge < -0.3 is 9.84 Å². The Labute approximate surface area is 84.7 Å². The van der Waals surface area contributed by atoms with E-state index >= 15 is 0 Å². The molecular weight excluding hydrogens is 200 g/mol. The zero-order chi connectivity index (χ0) is 11.4. The monoisotopic (exact) mass is 206 g/mol. The van der Waals surface area contributed by atoms with Crippen molar-refractivity contribution in [1.29, 1.82) is 5.26 Å². The largest absolute Gasteiger partial charge is 0.477 e. The standard InChI is InChI=1S/C9H6N2O4/c1-15-9(14)5-2-6(4-10)11-7(3-5)8(12)13/h2-3H,1H3,(H,12,13). The van der Waals surface area contributed by atoms with Crippen LogP contribution in [0.15, 0.2) is 12.1 Å². The van der Waals surface area contributed by atoms with E-state index in [9.17, 15) is 9.59 Å². The Kier molecular flexibility index (Phi) is 2.98. The highest BCUT2D eigenvalue weighted by molar-refractivity contribution is 5.93. The average molecular weight is 206 g/mol. The summed E-state index contributed by atoms with van der Waals surface area (Å²) >= 11 is 0. The lowest BCUT2D eigenvalue weighted by molar-refractivity contribution is 0.0600. The molecule has 0 fully saturated rings. The van der Waals surface area contributed by atoms with Gasteiger partial charge in [-0.3, -0.25) is 0 Å². The van der Waals surface area contributed by atoms with Gasteiger partial charge in [0.2, 0.25) is 0 Å². The van der Waals surface area contributed by atoms with Gasteiger partial charge in [0.1, 0.15) is 11.8 Å². The number of nitriles is 1. The third kappa shape index (κ3) is 2.28. The van der Waals surface area contributed by atoms with Crippen molar-refractivity contribution >= 4 is 11.9 Å². The van der Waals surface area contributed by atoms with Crippen molar-refractivity contribution in [2.45, 2.75) is 0 Å². The van der Waals surface area contributed by atoms with E-state index in [1.165, 1.54) is 0 Å². The lowest BCUT2D eigenvalue weighted by atomic mass is 10.2. The van der Waals surface area contributed by atoms with Gasteiger partial charge in [-0.1, -0.05) is 0 Å². The number of carbonyl (C=O) groups is 2. The topological polar surface area (TPSA) is 100 Å². The number of methoxy groups -OCH3 is 1. The van der Waals surface area contributed by atoms with Gasteiger partial charge in [0, 0.05) is 0 Å². The Morgan fingerprint density at radius 1 is 1.53 bits per heavy atom. The second-order valence-electron chi connectivity index (χ2n) is 2.53. The van der Waals surface area contributed by atoms with Gasteiger partial charge >= 0.3 is 11.9 Å². The minimum Gasteiger partial charge on any atom is -0.477 e. The maximum Gasteiger partial charge on any atom is 0.354 e. The van der Waals surface area contributed by atoms with E-state index in [0.717, 1.165) is 19.2 Å². The number of hydrogen-bond donors (Lipinski definition) is 1. The molecule has 0 spiro atoms. The van der Waals surface area contributed by atoms with Gasteiger partial charge in [-0.25, -0.2) is 14.6 Å². The number of aromatic nitrogens is 1. The van der Waals surface area contributed by atoms with Crippen molar-refractivity contribution in [2.75, 3.05) is 7.11 Å². The number of nitrogens with zero attached hydrogens (tertiary/aromatic N) is 2. The summed E-state index contributed by atoms with van der Waals surface area (Å²) in [4.78, 5) is 25.2. The molecule has 0 atom stereocenters. The van der Waals surface area contributed by atoms with Crippen molar-refractivity contribution in [1.82, 2.24) is 4.98 Å². The molecule has 0 amide bonds. The highest BCUT2D eigenvalue weighted by atomic mass is 16.5. The van der Waals surface area contributed by atoms with Crippen molar-refractivity contribution in [3.8, 4) is 6.07 Å². The molecule has 1 N–H and O–H groups in total. The van der Waals surface area contributed by atoms with Crippen LogP contribution in [0.4, 0.5) is 0 Å². The van der Waals surface area contributed by atoms with E-state index in [1.54, 1.807) is 6.07 Å². The van der Waals surface area contributed by atoms with Crippen LogP contribution in [0.5, 0.6) is 0 Å². The maximum absolute atomic E-state index is 11.1. The lowest BCUT2D eigenvalue weighted by Crippen LogP contribution is -2.08. The number of esters is 1. The Bertz CT molecular complexity index is 462. The third-order valence-corrected chi connectivity index (χ3v) is 1.58. The number of aromatic carboxylic acids is 1. The minimum absolute atomic E-state index is 0.0125. The van der Waals surface area contributed by atoms with Gasteiger partial charge in [-0.2, -0.15) is 5.26 Å². The molecular formula is C9H6N2O4. The van der Waals surface area contributed by atoms with Gasteiger partial charge in [0.05, 0.1) is 12.7 Å². The molecule has 76 valence electrons.